The van der Waals surface area contributed by atoms with E-state index in [0.717, 1.165) is 19.6 Å². The molecule has 0 aromatic rings. The van der Waals surface area contributed by atoms with Crippen LogP contribution in [0.2, 0.25) is 0 Å². The predicted octanol–water partition coefficient (Wildman–Crippen LogP) is 0.136. The van der Waals surface area contributed by atoms with Gasteiger partial charge in [0.25, 0.3) is 0 Å². The maximum absolute atomic E-state index is 5.06. The highest BCUT2D eigenvalue weighted by molar-refractivity contribution is 14.1. The van der Waals surface area contributed by atoms with E-state index >= 15 is 0 Å². The first-order chi connectivity index (χ1) is 5.41. The normalized spacial score (nSPS) is 10.4. The highest BCUT2D eigenvalue weighted by Gasteiger charge is 1.86. The van der Waals surface area contributed by atoms with E-state index in [9.17, 15) is 0 Å². The summed E-state index contributed by atoms with van der Waals surface area (Å²) in [5.74, 6) is 0. The molecule has 0 fully saturated rings. The van der Waals surface area contributed by atoms with Gasteiger partial charge in [-0.1, -0.05) is 0 Å². The van der Waals surface area contributed by atoms with Gasteiger partial charge in [-0.2, -0.15) is 0 Å². The summed E-state index contributed by atoms with van der Waals surface area (Å²) < 4.78 is 12.8. The third-order valence-corrected chi connectivity index (χ3v) is 1.56. The zero-order valence-electron chi connectivity index (χ0n) is 6.73. The average Bonchev–Trinajstić information content (AvgIpc) is 2.03. The van der Waals surface area contributed by atoms with Gasteiger partial charge in [0.1, 0.15) is 6.79 Å². The second-order valence-electron chi connectivity index (χ2n) is 1.95. The molecule has 0 unspecified atom stereocenters. The van der Waals surface area contributed by atoms with Gasteiger partial charge in [0.15, 0.2) is 0 Å². The van der Waals surface area contributed by atoms with Crippen LogP contribution in [0.5, 0.6) is 0 Å². The van der Waals surface area contributed by atoms with Crippen LogP contribution in [-0.2, 0) is 9.47 Å². The highest BCUT2D eigenvalue weighted by atomic mass is 127. The lowest BCUT2D eigenvalue weighted by Gasteiger charge is -2.03. The molecule has 0 aromatic heterocycles. The lowest BCUT2D eigenvalue weighted by molar-refractivity contribution is -0.0288. The Hall–Kier alpha value is 0.570. The summed E-state index contributed by atoms with van der Waals surface area (Å²) in [7, 11) is 1.62. The van der Waals surface area contributed by atoms with E-state index in [2.05, 4.69) is 31.7 Å². The van der Waals surface area contributed by atoms with Gasteiger partial charge in [-0.15, -0.1) is 0 Å². The number of halogens is 1. The van der Waals surface area contributed by atoms with Crippen LogP contribution in [-0.4, -0.2) is 40.1 Å². The molecule has 0 radical (unpaired) electrons. The van der Waals surface area contributed by atoms with E-state index < -0.39 is 0 Å². The standard InChI is InChI=1S/C6H15IN2O2/c1-10-6-11-5-4-8-2-3-9-7/h8-9H,2-6H2,1H3. The van der Waals surface area contributed by atoms with E-state index in [0.29, 0.717) is 13.4 Å². The molecule has 5 heteroatoms. The van der Waals surface area contributed by atoms with Crippen LogP contribution in [0.4, 0.5) is 0 Å². The van der Waals surface area contributed by atoms with Crippen molar-refractivity contribution < 1.29 is 9.47 Å². The largest absolute Gasteiger partial charge is 0.359 e. The molecule has 0 spiro atoms. The topological polar surface area (TPSA) is 42.5 Å². The van der Waals surface area contributed by atoms with Crippen molar-refractivity contribution in [2.45, 2.75) is 0 Å². The minimum Gasteiger partial charge on any atom is -0.359 e. The molecule has 0 aromatic carbocycles. The summed E-state index contributed by atoms with van der Waals surface area (Å²) in [6.07, 6.45) is 0. The summed E-state index contributed by atoms with van der Waals surface area (Å²) in [6.45, 7) is 3.91. The molecule has 11 heavy (non-hydrogen) atoms. The zero-order chi connectivity index (χ0) is 8.36. The first-order valence-electron chi connectivity index (χ1n) is 3.52. The number of nitrogens with one attached hydrogen (secondary N) is 2. The van der Waals surface area contributed by atoms with Gasteiger partial charge < -0.3 is 14.8 Å². The molecule has 0 aliphatic heterocycles. The van der Waals surface area contributed by atoms with Gasteiger partial charge in [0.05, 0.1) is 6.61 Å². The maximum atomic E-state index is 5.06. The first kappa shape index (κ1) is 11.6. The van der Waals surface area contributed by atoms with Crippen molar-refractivity contribution in [1.82, 2.24) is 8.85 Å². The Balaban J connectivity index is 2.69. The number of hydrogen-bond donors (Lipinski definition) is 2. The van der Waals surface area contributed by atoms with Crippen molar-refractivity contribution in [3.05, 3.63) is 0 Å². The fourth-order valence-corrected chi connectivity index (χ4v) is 0.817. The second-order valence-corrected chi connectivity index (χ2v) is 2.71. The van der Waals surface area contributed by atoms with E-state index in [1.807, 2.05) is 0 Å². The molecule has 2 N–H and O–H groups in total. The lowest BCUT2D eigenvalue weighted by atomic mass is 10.6. The van der Waals surface area contributed by atoms with Crippen LogP contribution in [0, 0.1) is 0 Å². The van der Waals surface area contributed by atoms with Gasteiger partial charge >= 0.3 is 0 Å². The second kappa shape index (κ2) is 10.6. The predicted molar refractivity (Wildman–Crippen MR) is 52.7 cm³/mol. The van der Waals surface area contributed by atoms with E-state index in [-0.39, 0.29) is 0 Å². The van der Waals surface area contributed by atoms with Crippen LogP contribution < -0.4 is 8.85 Å². The molecule has 0 aliphatic carbocycles. The van der Waals surface area contributed by atoms with Crippen molar-refractivity contribution in [3.8, 4) is 0 Å². The SMILES string of the molecule is COCOCCNCCNI. The Kier molecular flexibility index (Phi) is 11.1. The lowest BCUT2D eigenvalue weighted by Crippen LogP contribution is -2.26. The molecule has 0 saturated heterocycles. The Morgan fingerprint density at radius 2 is 2.09 bits per heavy atom. The van der Waals surface area contributed by atoms with Gasteiger partial charge in [-0.25, -0.2) is 0 Å². The number of methoxy groups -OCH3 is 1. The first-order valence-corrected chi connectivity index (χ1v) is 4.60. The molecule has 0 amide bonds. The van der Waals surface area contributed by atoms with Crippen molar-refractivity contribution >= 4 is 22.9 Å². The fourth-order valence-electron chi connectivity index (χ4n) is 0.547. The molecular formula is C6H15IN2O2. The monoisotopic (exact) mass is 274 g/mol. The molecule has 0 saturated carbocycles. The van der Waals surface area contributed by atoms with Crippen molar-refractivity contribution in [3.63, 3.8) is 0 Å². The maximum Gasteiger partial charge on any atom is 0.146 e. The highest BCUT2D eigenvalue weighted by Crippen LogP contribution is 1.72. The minimum atomic E-state index is 0.381. The molecule has 0 atom stereocenters. The van der Waals surface area contributed by atoms with E-state index in [1.54, 1.807) is 7.11 Å². The van der Waals surface area contributed by atoms with Crippen LogP contribution >= 0.6 is 22.9 Å². The van der Waals surface area contributed by atoms with Crippen LogP contribution in [0.3, 0.4) is 0 Å². The third-order valence-electron chi connectivity index (χ3n) is 1.02. The minimum absolute atomic E-state index is 0.381. The number of ether oxygens (including phenoxy) is 2. The molecule has 4 nitrogen and oxygen atoms in total. The average molecular weight is 274 g/mol. The number of rotatable bonds is 8. The summed E-state index contributed by atoms with van der Waals surface area (Å²) in [5.41, 5.74) is 0. The third kappa shape index (κ3) is 10.6. The van der Waals surface area contributed by atoms with Crippen LogP contribution in [0.1, 0.15) is 0 Å². The van der Waals surface area contributed by atoms with Crippen LogP contribution in [0.25, 0.3) is 0 Å². The molecule has 0 heterocycles. The summed E-state index contributed by atoms with van der Waals surface area (Å²) >= 11 is 2.12. The van der Waals surface area contributed by atoms with Crippen LogP contribution in [0.15, 0.2) is 0 Å². The van der Waals surface area contributed by atoms with Crippen molar-refractivity contribution in [2.24, 2.45) is 0 Å². The molecule has 0 aliphatic rings. The van der Waals surface area contributed by atoms with Gasteiger partial charge in [0.2, 0.25) is 0 Å². The molecule has 0 rings (SSSR count). The summed E-state index contributed by atoms with van der Waals surface area (Å²) in [5, 5.41) is 3.20. The van der Waals surface area contributed by atoms with Crippen molar-refractivity contribution in [1.29, 1.82) is 0 Å². The molecule has 0 bridgehead atoms. The van der Waals surface area contributed by atoms with E-state index in [4.69, 9.17) is 9.47 Å². The molecular weight excluding hydrogens is 259 g/mol. The Morgan fingerprint density at radius 3 is 2.73 bits per heavy atom. The quantitative estimate of drug-likeness (QED) is 0.286. The van der Waals surface area contributed by atoms with Crippen molar-refractivity contribution in [2.75, 3.05) is 40.1 Å². The van der Waals surface area contributed by atoms with E-state index in [1.165, 1.54) is 0 Å². The summed E-state index contributed by atoms with van der Waals surface area (Å²) in [6, 6.07) is 0. The van der Waals surface area contributed by atoms with Gasteiger partial charge in [-0.05, 0) is 0 Å². The Bertz CT molecular complexity index is 67.6. The zero-order valence-corrected chi connectivity index (χ0v) is 8.89. The number of hydrogen-bond acceptors (Lipinski definition) is 4. The van der Waals surface area contributed by atoms with Gasteiger partial charge in [0, 0.05) is 49.6 Å². The Morgan fingerprint density at radius 1 is 1.27 bits per heavy atom. The van der Waals surface area contributed by atoms with Gasteiger partial charge in [-0.3, -0.25) is 3.53 Å². The fraction of sp³-hybridized carbons (Fsp3) is 1.00. The summed E-state index contributed by atoms with van der Waals surface area (Å²) in [4.78, 5) is 0. The molecule has 68 valence electrons. The smallest absolute Gasteiger partial charge is 0.146 e. The Labute approximate surface area is 81.5 Å².